The van der Waals surface area contributed by atoms with E-state index in [4.69, 9.17) is 29.9 Å². The molecule has 0 aliphatic rings. The monoisotopic (exact) mass is 1760 g/mol. The molecule has 10 heterocycles. The maximum absolute atomic E-state index is 5.33. The number of hydrogen-bond donors (Lipinski definition) is 0. The maximum atomic E-state index is 5.33. The number of fused-ring (bicyclic) bond motifs is 30. The summed E-state index contributed by atoms with van der Waals surface area (Å²) in [5.74, 6) is 1.76. The van der Waals surface area contributed by atoms with Gasteiger partial charge in [-0.1, -0.05) is 352 Å². The molecule has 0 amide bonds. The van der Waals surface area contributed by atoms with Crippen molar-refractivity contribution in [3.63, 3.8) is 0 Å². The normalized spacial score (nSPS) is 11.8. The van der Waals surface area contributed by atoms with E-state index >= 15 is 0 Å². The van der Waals surface area contributed by atoms with Crippen molar-refractivity contribution in [1.82, 2.24) is 57.3 Å². The molecule has 12 nitrogen and oxygen atoms in total. The average Bonchev–Trinajstić information content (AvgIpc) is 1.53. The van der Waals surface area contributed by atoms with Gasteiger partial charge >= 0.3 is 0 Å². The van der Waals surface area contributed by atoms with Gasteiger partial charge in [-0.25, -0.2) is 4.98 Å². The summed E-state index contributed by atoms with van der Waals surface area (Å²) in [4.78, 5) is 30.9. The minimum Gasteiger partial charge on any atom is -0.307 e. The van der Waals surface area contributed by atoms with Crippen LogP contribution in [-0.4, -0.2) is 57.3 Å². The first-order valence-electron chi connectivity index (χ1n) is 46.7. The highest BCUT2D eigenvalue weighted by molar-refractivity contribution is 6.39. The molecule has 644 valence electrons. The maximum Gasteiger partial charge on any atom is 0.238 e. The molecule has 0 atom stereocenters. The summed E-state index contributed by atoms with van der Waals surface area (Å²) in [6.07, 6.45) is 5.74. The van der Waals surface area contributed by atoms with E-state index in [9.17, 15) is 0 Å². The molecule has 29 rings (SSSR count). The molecule has 0 N–H and O–H groups in total. The first kappa shape index (κ1) is 79.0. The van der Waals surface area contributed by atoms with Gasteiger partial charge < -0.3 is 22.8 Å². The van der Waals surface area contributed by atoms with Crippen molar-refractivity contribution in [2.75, 3.05) is 0 Å². The van der Waals surface area contributed by atoms with Crippen molar-refractivity contribution in [1.29, 1.82) is 0 Å². The van der Waals surface area contributed by atoms with Crippen LogP contribution in [0.5, 0.6) is 0 Å². The van der Waals surface area contributed by atoms with Crippen LogP contribution in [0.4, 0.5) is 0 Å². The molecule has 138 heavy (non-hydrogen) atoms. The van der Waals surface area contributed by atoms with Crippen molar-refractivity contribution in [3.8, 4) is 90.5 Å². The summed E-state index contributed by atoms with van der Waals surface area (Å²) < 4.78 is 14.4. The summed E-state index contributed by atoms with van der Waals surface area (Å²) in [5.41, 5.74) is 31.2. The van der Waals surface area contributed by atoms with Crippen LogP contribution in [0.3, 0.4) is 0 Å². The zero-order chi connectivity index (χ0) is 90.8. The molecular formula is C126H80N12. The van der Waals surface area contributed by atoms with Crippen LogP contribution in [0.1, 0.15) is 0 Å². The average molecular weight is 1760 g/mol. The van der Waals surface area contributed by atoms with Gasteiger partial charge in [0.05, 0.1) is 82.8 Å². The summed E-state index contributed by atoms with van der Waals surface area (Å²) in [6, 6.07) is 165. The highest BCUT2D eigenvalue weighted by Gasteiger charge is 2.31. The molecule has 12 heteroatoms. The highest BCUT2D eigenvalue weighted by atomic mass is 15.2. The Morgan fingerprint density at radius 1 is 0.145 bits per heavy atom. The van der Waals surface area contributed by atoms with Crippen molar-refractivity contribution >= 4 is 164 Å². The fourth-order valence-electron chi connectivity index (χ4n) is 21.7. The number of aromatic nitrogens is 12. The Labute approximate surface area is 791 Å². The topological polar surface area (TPSA) is 107 Å². The molecule has 10 aromatic heterocycles. The van der Waals surface area contributed by atoms with Crippen LogP contribution >= 0.6 is 0 Å². The number of hydrogen-bond acceptors (Lipinski definition) is 6. The first-order chi connectivity index (χ1) is 68.6. The van der Waals surface area contributed by atoms with Crippen molar-refractivity contribution < 1.29 is 0 Å². The molecule has 0 saturated heterocycles. The summed E-state index contributed by atoms with van der Waals surface area (Å²) in [6.45, 7) is 0. The third-order valence-corrected chi connectivity index (χ3v) is 27.5. The van der Waals surface area contributed by atoms with Crippen LogP contribution in [0.25, 0.3) is 254 Å². The van der Waals surface area contributed by atoms with Gasteiger partial charge in [-0.05, 0) is 149 Å². The Kier molecular flexibility index (Phi) is 18.7. The molecule has 0 spiro atoms. The molecule has 0 saturated carbocycles. The predicted octanol–water partition coefficient (Wildman–Crippen LogP) is 31.8. The fourth-order valence-corrected chi connectivity index (χ4v) is 21.7. The van der Waals surface area contributed by atoms with Crippen LogP contribution in [0, 0.1) is 0 Å². The lowest BCUT2D eigenvalue weighted by atomic mass is 10.0. The third-order valence-electron chi connectivity index (χ3n) is 27.5. The van der Waals surface area contributed by atoms with Crippen LogP contribution in [0.2, 0.25) is 0 Å². The Morgan fingerprint density at radius 3 is 0.725 bits per heavy atom. The molecule has 0 fully saturated rings. The molecule has 0 aliphatic carbocycles. The third kappa shape index (κ3) is 12.6. The quantitative estimate of drug-likeness (QED) is 0.128. The van der Waals surface area contributed by atoms with Gasteiger partial charge in [-0.3, -0.25) is 19.5 Å². The van der Waals surface area contributed by atoms with Gasteiger partial charge in [-0.15, -0.1) is 0 Å². The Bertz CT molecular complexity index is 9840. The van der Waals surface area contributed by atoms with Crippen LogP contribution in [-0.2, 0) is 0 Å². The molecule has 0 aliphatic heterocycles. The zero-order valence-electron chi connectivity index (χ0n) is 74.6. The smallest absolute Gasteiger partial charge is 0.238 e. The standard InChI is InChI=1S/C48H30N6.2C39H25N3/c1-4-15-31(16-5-1)32-26-28-34(29-27-32)47-50-46(33-17-6-2-7-18-33)51-48(52-47)54-40-25-13-10-21-36(40)41-38-23-14-30-49-43(38)42-37-22-11-12-24-39(37)53(45(42)44(41)54)35-19-8-3-9-20-35;1-3-13-26(14-4-1)27-15-11-18-29(25-27)42-33-22-9-7-19-30(33)35-32-21-12-24-40-37(32)36-31-20-8-10-23-34(31)41(39(36)38(35)42)28-16-5-2-6-17-28;1-3-12-26(13-4-1)27-21-23-29(24-22-27)42-33-19-9-7-16-30(33)35-32-18-11-25-40-37(32)36-31-17-8-10-20-34(31)41(39(36)38(35)42)28-14-5-2-6-15-28/h1-30H;2*1-25H. The van der Waals surface area contributed by atoms with Gasteiger partial charge in [0.2, 0.25) is 5.95 Å². The summed E-state index contributed by atoms with van der Waals surface area (Å²) in [5, 5.41) is 17.6. The van der Waals surface area contributed by atoms with Crippen LogP contribution in [0.15, 0.2) is 486 Å². The van der Waals surface area contributed by atoms with Gasteiger partial charge in [-0.2, -0.15) is 9.97 Å². The molecule has 0 unspecified atom stereocenters. The van der Waals surface area contributed by atoms with Gasteiger partial charge in [0.1, 0.15) is 0 Å². The Hall–Kier alpha value is -18.8. The second-order valence-corrected chi connectivity index (χ2v) is 35.1. The number of nitrogens with zero attached hydrogens (tertiary/aromatic N) is 12. The van der Waals surface area contributed by atoms with E-state index in [0.717, 1.165) is 116 Å². The molecule has 29 aromatic rings. The number of rotatable bonds is 11. The van der Waals surface area contributed by atoms with Crippen LogP contribution < -0.4 is 0 Å². The summed E-state index contributed by atoms with van der Waals surface area (Å²) in [7, 11) is 0. The summed E-state index contributed by atoms with van der Waals surface area (Å²) >= 11 is 0. The second kappa shape index (κ2) is 32.6. The van der Waals surface area contributed by atoms with E-state index in [1.807, 2.05) is 48.9 Å². The number of benzene rings is 19. The van der Waals surface area contributed by atoms with E-state index < -0.39 is 0 Å². The Balaban J connectivity index is 0.000000106. The van der Waals surface area contributed by atoms with E-state index in [0.29, 0.717) is 17.6 Å². The van der Waals surface area contributed by atoms with E-state index in [-0.39, 0.29) is 0 Å². The molecule has 0 radical (unpaired) electrons. The highest BCUT2D eigenvalue weighted by Crippen LogP contribution is 2.51. The predicted molar refractivity (Wildman–Crippen MR) is 572 cm³/mol. The van der Waals surface area contributed by atoms with E-state index in [2.05, 4.69) is 464 Å². The second-order valence-electron chi connectivity index (χ2n) is 35.1. The lowest BCUT2D eigenvalue weighted by molar-refractivity contribution is 0.953. The zero-order valence-corrected chi connectivity index (χ0v) is 74.6. The lowest BCUT2D eigenvalue weighted by Crippen LogP contribution is -2.07. The molecule has 0 bridgehead atoms. The fraction of sp³-hybridized carbons (Fsp3) is 0. The largest absolute Gasteiger partial charge is 0.307 e. The van der Waals surface area contributed by atoms with E-state index in [1.165, 1.54) is 120 Å². The first-order valence-corrected chi connectivity index (χ1v) is 46.7. The lowest BCUT2D eigenvalue weighted by Gasteiger charge is -2.14. The van der Waals surface area contributed by atoms with E-state index in [1.54, 1.807) is 0 Å². The van der Waals surface area contributed by atoms with Gasteiger partial charge in [0, 0.05) is 139 Å². The molecule has 19 aromatic carbocycles. The van der Waals surface area contributed by atoms with Gasteiger partial charge in [0.25, 0.3) is 0 Å². The Morgan fingerprint density at radius 2 is 0.370 bits per heavy atom. The van der Waals surface area contributed by atoms with Crippen molar-refractivity contribution in [3.05, 3.63) is 486 Å². The van der Waals surface area contributed by atoms with Crippen molar-refractivity contribution in [2.24, 2.45) is 0 Å². The number of para-hydroxylation sites is 9. The minimum absolute atomic E-state index is 0.548. The molecular weight excluding hydrogens is 1680 g/mol. The minimum atomic E-state index is 0.548. The SMILES string of the molecule is c1ccc(-c2ccc(-c3nc(-c4ccccc4)nc(-n4c5ccccc5c5c6cccnc6c6c7ccccc7n(-c7ccccc7)c6c54)n3)cc2)cc1.c1ccc(-c2ccc(-n3c4ccccc4c4c5cccnc5c5c6ccccc6n(-c6ccccc6)c5c43)cc2)cc1.c1ccc(-c2cccc(-n3c4ccccc4c4c5cccnc5c5c6ccccc6n(-c6ccccc6)c5c43)c2)cc1. The van der Waals surface area contributed by atoms with Gasteiger partial charge in [0.15, 0.2) is 11.6 Å². The van der Waals surface area contributed by atoms with Crippen molar-refractivity contribution in [2.45, 2.75) is 0 Å². The number of pyridine rings is 3.